The molecule has 3 aliphatic rings. The highest BCUT2D eigenvalue weighted by atomic mass is 16.2. The molecule has 4 rings (SSSR count). The monoisotopic (exact) mass is 357 g/mol. The number of aromatic amines is 1. The average Bonchev–Trinajstić information content (AvgIpc) is 3.25. The first-order valence-corrected chi connectivity index (χ1v) is 9.88. The number of hydrogen-bond donors (Lipinski definition) is 1. The highest BCUT2D eigenvalue weighted by molar-refractivity contribution is 5.95. The summed E-state index contributed by atoms with van der Waals surface area (Å²) in [5, 5.41) is 0. The van der Waals surface area contributed by atoms with Gasteiger partial charge in [0.25, 0.3) is 11.5 Å². The highest BCUT2D eigenvalue weighted by Gasteiger charge is 2.49. The number of carbonyl (C=O) groups excluding carboxylic acids is 2. The fraction of sp³-hybridized carbons (Fsp3) is 0.650. The third kappa shape index (κ3) is 2.75. The van der Waals surface area contributed by atoms with Crippen LogP contribution in [0, 0.1) is 5.41 Å². The Labute approximate surface area is 153 Å². The average molecular weight is 357 g/mol. The molecule has 1 aromatic heterocycles. The van der Waals surface area contributed by atoms with Gasteiger partial charge in [0.2, 0.25) is 5.91 Å². The number of amides is 2. The van der Waals surface area contributed by atoms with E-state index in [4.69, 9.17) is 0 Å². The lowest BCUT2D eigenvalue weighted by molar-refractivity contribution is -0.145. The normalized spacial score (nSPS) is 25.2. The second kappa shape index (κ2) is 6.56. The first-order chi connectivity index (χ1) is 12.5. The maximum Gasteiger partial charge on any atom is 0.261 e. The third-order valence-corrected chi connectivity index (χ3v) is 6.28. The molecular weight excluding hydrogens is 330 g/mol. The van der Waals surface area contributed by atoms with Crippen LogP contribution < -0.4 is 5.56 Å². The summed E-state index contributed by atoms with van der Waals surface area (Å²) in [4.78, 5) is 44.9. The van der Waals surface area contributed by atoms with Crippen LogP contribution in [0.4, 0.5) is 0 Å². The van der Waals surface area contributed by atoms with Crippen LogP contribution in [-0.4, -0.2) is 52.8 Å². The molecule has 1 atom stereocenters. The van der Waals surface area contributed by atoms with E-state index in [-0.39, 0.29) is 22.9 Å². The summed E-state index contributed by atoms with van der Waals surface area (Å²) in [5.74, 6) is -0.0259. The molecule has 1 N–H and O–H groups in total. The lowest BCUT2D eigenvalue weighted by Crippen LogP contribution is -2.50. The van der Waals surface area contributed by atoms with Crippen LogP contribution in [0.5, 0.6) is 0 Å². The van der Waals surface area contributed by atoms with Gasteiger partial charge in [-0.15, -0.1) is 0 Å². The minimum absolute atomic E-state index is 0.198. The number of aromatic nitrogens is 1. The van der Waals surface area contributed by atoms with E-state index in [1.807, 2.05) is 4.90 Å². The van der Waals surface area contributed by atoms with E-state index < -0.39 is 5.41 Å². The molecule has 1 aliphatic carbocycles. The van der Waals surface area contributed by atoms with Gasteiger partial charge < -0.3 is 14.8 Å². The second-order valence-electron chi connectivity index (χ2n) is 8.02. The highest BCUT2D eigenvalue weighted by Crippen LogP contribution is 2.40. The fourth-order valence-corrected chi connectivity index (χ4v) is 4.90. The largest absolute Gasteiger partial charge is 0.342 e. The Kier molecular flexibility index (Phi) is 4.37. The molecule has 2 amide bonds. The third-order valence-electron chi connectivity index (χ3n) is 6.28. The molecule has 1 aromatic rings. The van der Waals surface area contributed by atoms with E-state index in [1.165, 1.54) is 0 Å². The zero-order valence-corrected chi connectivity index (χ0v) is 15.5. The van der Waals surface area contributed by atoms with Crippen molar-refractivity contribution >= 4 is 11.8 Å². The molecule has 6 nitrogen and oxygen atoms in total. The molecule has 0 bridgehead atoms. The predicted octanol–water partition coefficient (Wildman–Crippen LogP) is 1.73. The molecule has 1 spiro atoms. The standard InChI is InChI=1S/C20H27N3O3/c1-2-9-22-10-4-7-20(19(22)26)8-11-23(13-20)18(25)15-12-14-5-3-6-16(14)21-17(15)24/h12H,2-11,13H2,1H3,(H,21,24). The Hall–Kier alpha value is -2.11. The fourth-order valence-electron chi connectivity index (χ4n) is 4.90. The lowest BCUT2D eigenvalue weighted by atomic mass is 9.78. The smallest absolute Gasteiger partial charge is 0.261 e. The van der Waals surface area contributed by atoms with E-state index in [2.05, 4.69) is 11.9 Å². The first-order valence-electron chi connectivity index (χ1n) is 9.88. The van der Waals surface area contributed by atoms with Crippen LogP contribution in [0.2, 0.25) is 0 Å². The van der Waals surface area contributed by atoms with Gasteiger partial charge in [-0.1, -0.05) is 6.92 Å². The van der Waals surface area contributed by atoms with E-state index >= 15 is 0 Å². The van der Waals surface area contributed by atoms with Crippen LogP contribution in [0.25, 0.3) is 0 Å². The summed E-state index contributed by atoms with van der Waals surface area (Å²) in [7, 11) is 0. The van der Waals surface area contributed by atoms with Gasteiger partial charge in [-0.05, 0) is 56.6 Å². The van der Waals surface area contributed by atoms with Crippen molar-refractivity contribution in [3.63, 3.8) is 0 Å². The van der Waals surface area contributed by atoms with Crippen molar-refractivity contribution in [3.8, 4) is 0 Å². The van der Waals surface area contributed by atoms with Gasteiger partial charge in [0.1, 0.15) is 5.56 Å². The number of nitrogens with zero attached hydrogens (tertiary/aromatic N) is 2. The molecular formula is C20H27N3O3. The van der Waals surface area contributed by atoms with Crippen molar-refractivity contribution in [2.75, 3.05) is 26.2 Å². The molecule has 2 aliphatic heterocycles. The van der Waals surface area contributed by atoms with Crippen LogP contribution in [0.3, 0.4) is 0 Å². The van der Waals surface area contributed by atoms with Crippen molar-refractivity contribution < 1.29 is 9.59 Å². The number of H-pyrrole nitrogens is 1. The van der Waals surface area contributed by atoms with Crippen molar-refractivity contribution in [1.82, 2.24) is 14.8 Å². The molecule has 0 aromatic carbocycles. The van der Waals surface area contributed by atoms with Crippen molar-refractivity contribution in [2.24, 2.45) is 5.41 Å². The maximum atomic E-state index is 13.0. The molecule has 0 saturated carbocycles. The molecule has 26 heavy (non-hydrogen) atoms. The lowest BCUT2D eigenvalue weighted by Gasteiger charge is -2.39. The van der Waals surface area contributed by atoms with Crippen LogP contribution in [0.1, 0.15) is 60.6 Å². The summed E-state index contributed by atoms with van der Waals surface area (Å²) < 4.78 is 0. The molecule has 3 heterocycles. The maximum absolute atomic E-state index is 13.0. The number of rotatable bonds is 3. The van der Waals surface area contributed by atoms with Gasteiger partial charge in [-0.3, -0.25) is 14.4 Å². The van der Waals surface area contributed by atoms with Gasteiger partial charge >= 0.3 is 0 Å². The van der Waals surface area contributed by atoms with Crippen molar-refractivity contribution in [2.45, 2.75) is 51.9 Å². The van der Waals surface area contributed by atoms with Gasteiger partial charge in [0.05, 0.1) is 5.41 Å². The summed E-state index contributed by atoms with van der Waals surface area (Å²) in [6.07, 6.45) is 6.32. The summed E-state index contributed by atoms with van der Waals surface area (Å²) in [5.41, 5.74) is 1.56. The molecule has 1 unspecified atom stereocenters. The minimum atomic E-state index is -0.438. The molecule has 2 saturated heterocycles. The molecule has 0 radical (unpaired) electrons. The molecule has 2 fully saturated rings. The number of piperidine rings is 1. The Balaban J connectivity index is 1.55. The quantitative estimate of drug-likeness (QED) is 0.895. The van der Waals surface area contributed by atoms with E-state index in [1.54, 1.807) is 11.0 Å². The van der Waals surface area contributed by atoms with Gasteiger partial charge in [0.15, 0.2) is 0 Å². The van der Waals surface area contributed by atoms with Gasteiger partial charge in [-0.2, -0.15) is 0 Å². The number of hydrogen-bond acceptors (Lipinski definition) is 3. The van der Waals surface area contributed by atoms with Crippen molar-refractivity contribution in [3.05, 3.63) is 33.2 Å². The first kappa shape index (κ1) is 17.3. The van der Waals surface area contributed by atoms with E-state index in [0.717, 1.165) is 62.9 Å². The summed E-state index contributed by atoms with van der Waals surface area (Å²) >= 11 is 0. The van der Waals surface area contributed by atoms with Crippen LogP contribution >= 0.6 is 0 Å². The van der Waals surface area contributed by atoms with E-state index in [0.29, 0.717) is 19.5 Å². The second-order valence-corrected chi connectivity index (χ2v) is 8.02. The number of carbonyl (C=O) groups is 2. The topological polar surface area (TPSA) is 73.5 Å². The number of fused-ring (bicyclic) bond motifs is 1. The SMILES string of the molecule is CCCN1CCCC2(CCN(C(=O)c3cc4c([nH]c3=O)CCC4)C2)C1=O. The number of nitrogens with one attached hydrogen (secondary N) is 1. The van der Waals surface area contributed by atoms with Crippen molar-refractivity contribution in [1.29, 1.82) is 0 Å². The number of likely N-dealkylation sites (tertiary alicyclic amines) is 2. The Bertz CT molecular complexity index is 798. The van der Waals surface area contributed by atoms with Gasteiger partial charge in [-0.25, -0.2) is 0 Å². The van der Waals surface area contributed by atoms with Gasteiger partial charge in [0, 0.05) is 31.9 Å². The number of pyridine rings is 1. The van der Waals surface area contributed by atoms with E-state index in [9.17, 15) is 14.4 Å². The molecule has 6 heteroatoms. The van der Waals surface area contributed by atoms with Crippen LogP contribution in [0.15, 0.2) is 10.9 Å². The Morgan fingerprint density at radius 3 is 2.85 bits per heavy atom. The number of aryl methyl sites for hydroxylation is 2. The zero-order valence-electron chi connectivity index (χ0n) is 15.5. The summed E-state index contributed by atoms with van der Waals surface area (Å²) in [6.45, 7) is 4.70. The Morgan fingerprint density at radius 2 is 2.04 bits per heavy atom. The summed E-state index contributed by atoms with van der Waals surface area (Å²) in [6, 6.07) is 1.78. The van der Waals surface area contributed by atoms with Crippen LogP contribution in [-0.2, 0) is 17.6 Å². The molecule has 140 valence electrons. The zero-order chi connectivity index (χ0) is 18.3. The minimum Gasteiger partial charge on any atom is -0.342 e. The Morgan fingerprint density at radius 1 is 1.19 bits per heavy atom. The predicted molar refractivity (Wildman–Crippen MR) is 98.1 cm³/mol.